The SMILES string of the molecule is Cc1cc(N)nc(NCC(C)OC(C)C)c1[N+](=O)[O-]. The van der Waals surface area contributed by atoms with Gasteiger partial charge in [0, 0.05) is 12.1 Å². The monoisotopic (exact) mass is 268 g/mol. The van der Waals surface area contributed by atoms with Crippen LogP contribution in [0.25, 0.3) is 0 Å². The first-order valence-electron chi connectivity index (χ1n) is 6.12. The Morgan fingerprint density at radius 1 is 1.53 bits per heavy atom. The highest BCUT2D eigenvalue weighted by atomic mass is 16.6. The maximum absolute atomic E-state index is 11.0. The van der Waals surface area contributed by atoms with Crippen molar-refractivity contribution < 1.29 is 9.66 Å². The van der Waals surface area contributed by atoms with Crippen molar-refractivity contribution in [2.75, 3.05) is 17.6 Å². The molecule has 7 nitrogen and oxygen atoms in total. The number of nitrogens with one attached hydrogen (secondary N) is 1. The van der Waals surface area contributed by atoms with Gasteiger partial charge in [0.1, 0.15) is 5.82 Å². The Labute approximate surface area is 112 Å². The number of nitrogen functional groups attached to an aromatic ring is 1. The third-order valence-electron chi connectivity index (χ3n) is 2.45. The fourth-order valence-electron chi connectivity index (χ4n) is 1.80. The van der Waals surface area contributed by atoms with Gasteiger partial charge in [-0.1, -0.05) is 0 Å². The standard InChI is InChI=1S/C12H20N4O3/c1-7(2)19-9(4)6-14-12-11(16(17)18)8(3)5-10(13)15-12/h5,7,9H,6H2,1-4H3,(H3,13,14,15). The van der Waals surface area contributed by atoms with Crippen molar-refractivity contribution in [3.63, 3.8) is 0 Å². The largest absolute Gasteiger partial charge is 0.384 e. The van der Waals surface area contributed by atoms with Crippen molar-refractivity contribution in [2.45, 2.75) is 39.9 Å². The van der Waals surface area contributed by atoms with Gasteiger partial charge < -0.3 is 15.8 Å². The first-order chi connectivity index (χ1) is 8.81. The van der Waals surface area contributed by atoms with Gasteiger partial charge in [-0.3, -0.25) is 10.1 Å². The summed E-state index contributed by atoms with van der Waals surface area (Å²) < 4.78 is 5.54. The molecule has 0 aliphatic rings. The summed E-state index contributed by atoms with van der Waals surface area (Å²) in [6.45, 7) is 7.81. The predicted octanol–water partition coefficient (Wildman–Crippen LogP) is 2.11. The molecule has 0 saturated carbocycles. The van der Waals surface area contributed by atoms with Gasteiger partial charge in [-0.25, -0.2) is 4.98 Å². The molecular weight excluding hydrogens is 248 g/mol. The summed E-state index contributed by atoms with van der Waals surface area (Å²) in [5.41, 5.74) is 6.04. The van der Waals surface area contributed by atoms with Crippen molar-refractivity contribution in [3.8, 4) is 0 Å². The number of pyridine rings is 1. The highest BCUT2D eigenvalue weighted by Gasteiger charge is 2.20. The molecule has 0 aliphatic carbocycles. The molecule has 0 aromatic carbocycles. The average molecular weight is 268 g/mol. The Kier molecular flexibility index (Phi) is 5.05. The molecule has 0 bridgehead atoms. The fraction of sp³-hybridized carbons (Fsp3) is 0.583. The average Bonchev–Trinajstić information content (AvgIpc) is 2.23. The minimum Gasteiger partial charge on any atom is -0.384 e. The zero-order chi connectivity index (χ0) is 14.6. The topological polar surface area (TPSA) is 103 Å². The Morgan fingerprint density at radius 3 is 2.68 bits per heavy atom. The molecule has 1 unspecified atom stereocenters. The Bertz CT molecular complexity index is 463. The fourth-order valence-corrected chi connectivity index (χ4v) is 1.80. The van der Waals surface area contributed by atoms with Gasteiger partial charge in [-0.2, -0.15) is 0 Å². The van der Waals surface area contributed by atoms with E-state index in [1.807, 2.05) is 20.8 Å². The number of ether oxygens (including phenoxy) is 1. The summed E-state index contributed by atoms with van der Waals surface area (Å²) >= 11 is 0. The Hall–Kier alpha value is -1.89. The van der Waals surface area contributed by atoms with Gasteiger partial charge in [-0.15, -0.1) is 0 Å². The molecule has 1 aromatic heterocycles. The third kappa shape index (κ3) is 4.36. The maximum Gasteiger partial charge on any atom is 0.314 e. The first kappa shape index (κ1) is 15.2. The van der Waals surface area contributed by atoms with E-state index in [4.69, 9.17) is 10.5 Å². The molecule has 0 aliphatic heterocycles. The van der Waals surface area contributed by atoms with Crippen LogP contribution in [0.1, 0.15) is 26.3 Å². The third-order valence-corrected chi connectivity index (χ3v) is 2.45. The molecule has 0 radical (unpaired) electrons. The molecule has 3 N–H and O–H groups in total. The zero-order valence-electron chi connectivity index (χ0n) is 11.6. The van der Waals surface area contributed by atoms with Gasteiger partial charge in [0.25, 0.3) is 0 Å². The van der Waals surface area contributed by atoms with Gasteiger partial charge in [0.05, 0.1) is 17.1 Å². The van der Waals surface area contributed by atoms with Crippen molar-refractivity contribution in [1.29, 1.82) is 0 Å². The van der Waals surface area contributed by atoms with E-state index < -0.39 is 4.92 Å². The lowest BCUT2D eigenvalue weighted by molar-refractivity contribution is -0.384. The molecule has 1 atom stereocenters. The van der Waals surface area contributed by atoms with Gasteiger partial charge >= 0.3 is 5.69 Å². The second kappa shape index (κ2) is 6.33. The minimum atomic E-state index is -0.460. The van der Waals surface area contributed by atoms with Crippen LogP contribution in [0, 0.1) is 17.0 Å². The van der Waals surface area contributed by atoms with E-state index in [9.17, 15) is 10.1 Å². The van der Waals surface area contributed by atoms with Gasteiger partial charge in [0.15, 0.2) is 0 Å². The molecule has 1 aromatic rings. The Balaban J connectivity index is 2.85. The number of nitrogens with two attached hydrogens (primary N) is 1. The summed E-state index contributed by atoms with van der Waals surface area (Å²) in [4.78, 5) is 14.5. The summed E-state index contributed by atoms with van der Waals surface area (Å²) in [6.07, 6.45) is 0.0189. The molecule has 0 amide bonds. The molecule has 1 heterocycles. The van der Waals surface area contributed by atoms with E-state index in [2.05, 4.69) is 10.3 Å². The second-order valence-electron chi connectivity index (χ2n) is 4.69. The van der Waals surface area contributed by atoms with E-state index in [0.717, 1.165) is 0 Å². The minimum absolute atomic E-state index is 0.0500. The number of nitrogens with zero attached hydrogens (tertiary/aromatic N) is 2. The van der Waals surface area contributed by atoms with Crippen molar-refractivity contribution >= 4 is 17.3 Å². The highest BCUT2D eigenvalue weighted by Crippen LogP contribution is 2.27. The van der Waals surface area contributed by atoms with Crippen LogP contribution in [-0.4, -0.2) is 28.7 Å². The normalized spacial score (nSPS) is 12.5. The number of anilines is 2. The van der Waals surface area contributed by atoms with E-state index in [1.165, 1.54) is 6.07 Å². The van der Waals surface area contributed by atoms with Crippen LogP contribution in [0.15, 0.2) is 6.07 Å². The molecule has 7 heteroatoms. The van der Waals surface area contributed by atoms with Crippen LogP contribution >= 0.6 is 0 Å². The number of aromatic nitrogens is 1. The van der Waals surface area contributed by atoms with Crippen molar-refractivity contribution in [1.82, 2.24) is 4.98 Å². The molecule has 0 spiro atoms. The molecule has 0 fully saturated rings. The molecule has 0 saturated heterocycles. The van der Waals surface area contributed by atoms with Crippen molar-refractivity contribution in [3.05, 3.63) is 21.7 Å². The number of rotatable bonds is 6. The summed E-state index contributed by atoms with van der Waals surface area (Å²) in [6, 6.07) is 1.48. The highest BCUT2D eigenvalue weighted by molar-refractivity contribution is 5.63. The lowest BCUT2D eigenvalue weighted by atomic mass is 10.2. The molecular formula is C12H20N4O3. The van der Waals surface area contributed by atoms with Crippen LogP contribution in [0.2, 0.25) is 0 Å². The first-order valence-corrected chi connectivity index (χ1v) is 6.12. The van der Waals surface area contributed by atoms with Gasteiger partial charge in [0.2, 0.25) is 5.82 Å². The summed E-state index contributed by atoms with van der Waals surface area (Å²) in [5, 5.41) is 14.0. The number of nitro groups is 1. The number of hydrogen-bond acceptors (Lipinski definition) is 6. The lowest BCUT2D eigenvalue weighted by Crippen LogP contribution is -2.24. The van der Waals surface area contributed by atoms with Crippen LogP contribution < -0.4 is 11.1 Å². The summed E-state index contributed by atoms with van der Waals surface area (Å²) in [5.74, 6) is 0.435. The van der Waals surface area contributed by atoms with Crippen LogP contribution in [0.3, 0.4) is 0 Å². The van der Waals surface area contributed by atoms with Gasteiger partial charge in [-0.05, 0) is 33.8 Å². The quantitative estimate of drug-likeness (QED) is 0.605. The maximum atomic E-state index is 11.0. The molecule has 1 rings (SSSR count). The van der Waals surface area contributed by atoms with E-state index in [0.29, 0.717) is 12.1 Å². The molecule has 19 heavy (non-hydrogen) atoms. The second-order valence-corrected chi connectivity index (χ2v) is 4.69. The lowest BCUT2D eigenvalue weighted by Gasteiger charge is -2.17. The van der Waals surface area contributed by atoms with E-state index in [-0.39, 0.29) is 29.5 Å². The van der Waals surface area contributed by atoms with Crippen LogP contribution in [0.4, 0.5) is 17.3 Å². The Morgan fingerprint density at radius 2 is 2.16 bits per heavy atom. The summed E-state index contributed by atoms with van der Waals surface area (Å²) in [7, 11) is 0. The van der Waals surface area contributed by atoms with Crippen LogP contribution in [0.5, 0.6) is 0 Å². The van der Waals surface area contributed by atoms with E-state index >= 15 is 0 Å². The number of aryl methyl sites for hydroxylation is 1. The number of hydrogen-bond donors (Lipinski definition) is 2. The van der Waals surface area contributed by atoms with Crippen molar-refractivity contribution in [2.24, 2.45) is 0 Å². The van der Waals surface area contributed by atoms with Crippen LogP contribution in [-0.2, 0) is 4.74 Å². The van der Waals surface area contributed by atoms with E-state index in [1.54, 1.807) is 6.92 Å². The smallest absolute Gasteiger partial charge is 0.314 e. The zero-order valence-corrected chi connectivity index (χ0v) is 11.6. The predicted molar refractivity (Wildman–Crippen MR) is 74.2 cm³/mol. The molecule has 106 valence electrons.